The molecule has 0 fully saturated rings. The molecule has 7 nitrogen and oxygen atoms in total. The van der Waals surface area contributed by atoms with Gasteiger partial charge in [0.25, 0.3) is 0 Å². The molecule has 2 N–H and O–H groups in total. The van der Waals surface area contributed by atoms with Gasteiger partial charge in [-0.15, -0.1) is 0 Å². The molecule has 162 valence electrons. The molecule has 1 atom stereocenters. The van der Waals surface area contributed by atoms with E-state index in [1.54, 1.807) is 7.11 Å². The number of alkyl halides is 3. The van der Waals surface area contributed by atoms with Crippen LogP contribution in [0.1, 0.15) is 29.7 Å². The van der Waals surface area contributed by atoms with Gasteiger partial charge in [-0.3, -0.25) is 0 Å². The molecule has 3 heterocycles. The normalized spacial score (nSPS) is 12.4. The number of methoxy groups -OCH3 is 1. The van der Waals surface area contributed by atoms with E-state index in [0.29, 0.717) is 5.56 Å². The number of anilines is 1. The predicted octanol–water partition coefficient (Wildman–Crippen LogP) is 5.09. The van der Waals surface area contributed by atoms with Gasteiger partial charge in [-0.2, -0.15) is 18.4 Å². The Hall–Kier alpha value is -4.13. The minimum Gasteiger partial charge on any atom is -0.497 e. The highest BCUT2D eigenvalue weighted by Crippen LogP contribution is 2.35. The molecule has 0 saturated carbocycles. The summed E-state index contributed by atoms with van der Waals surface area (Å²) >= 11 is 0. The van der Waals surface area contributed by atoms with Crippen LogP contribution >= 0.6 is 0 Å². The molecule has 0 bridgehead atoms. The van der Waals surface area contributed by atoms with E-state index in [1.807, 2.05) is 37.3 Å². The van der Waals surface area contributed by atoms with Crippen LogP contribution in [0, 0.1) is 11.3 Å². The number of hydrogen-bond donors (Lipinski definition) is 2. The molecular weight excluding hydrogens is 421 g/mol. The maximum atomic E-state index is 13.2. The number of nitrogens with zero attached hydrogens (tertiary/aromatic N) is 4. The van der Waals surface area contributed by atoms with E-state index in [2.05, 4.69) is 25.3 Å². The Bertz CT molecular complexity index is 1310. The third kappa shape index (κ3) is 4.05. The number of hydrogen-bond acceptors (Lipinski definition) is 6. The molecule has 0 radical (unpaired) electrons. The van der Waals surface area contributed by atoms with Crippen LogP contribution in [0.5, 0.6) is 5.75 Å². The summed E-state index contributed by atoms with van der Waals surface area (Å²) < 4.78 is 44.7. The lowest BCUT2D eigenvalue weighted by Gasteiger charge is -2.15. The lowest BCUT2D eigenvalue weighted by atomic mass is 10.1. The fraction of sp³-hybridized carbons (Fsp3) is 0.182. The van der Waals surface area contributed by atoms with Gasteiger partial charge in [0.05, 0.1) is 36.2 Å². The van der Waals surface area contributed by atoms with Crippen LogP contribution in [0.2, 0.25) is 0 Å². The Morgan fingerprint density at radius 1 is 1.16 bits per heavy atom. The topological polar surface area (TPSA) is 99.5 Å². The summed E-state index contributed by atoms with van der Waals surface area (Å²) in [7, 11) is 1.58. The Kier molecular flexibility index (Phi) is 5.40. The van der Waals surface area contributed by atoms with Gasteiger partial charge >= 0.3 is 6.18 Å². The number of rotatable bonds is 5. The molecular formula is C22H17F3N6O. The highest BCUT2D eigenvalue weighted by molar-refractivity contribution is 5.94. The van der Waals surface area contributed by atoms with Crippen molar-refractivity contribution in [3.8, 4) is 23.1 Å². The molecule has 0 spiro atoms. The summed E-state index contributed by atoms with van der Waals surface area (Å²) in [6, 6.07) is 10.3. The smallest absolute Gasteiger partial charge is 0.417 e. The zero-order valence-corrected chi connectivity index (χ0v) is 17.0. The van der Waals surface area contributed by atoms with Crippen LogP contribution in [-0.2, 0) is 6.18 Å². The van der Waals surface area contributed by atoms with E-state index in [0.717, 1.165) is 23.6 Å². The van der Waals surface area contributed by atoms with Crippen LogP contribution in [0.25, 0.3) is 22.3 Å². The first-order valence-corrected chi connectivity index (χ1v) is 9.52. The van der Waals surface area contributed by atoms with Crippen molar-refractivity contribution in [2.45, 2.75) is 19.1 Å². The Labute approximate surface area is 180 Å². The molecule has 0 aliphatic rings. The first kappa shape index (κ1) is 21.1. The maximum absolute atomic E-state index is 13.2. The molecule has 3 aromatic heterocycles. The Balaban J connectivity index is 1.72. The van der Waals surface area contributed by atoms with Gasteiger partial charge in [0.15, 0.2) is 0 Å². The first-order valence-electron chi connectivity index (χ1n) is 9.52. The van der Waals surface area contributed by atoms with Crippen molar-refractivity contribution < 1.29 is 17.9 Å². The number of aromatic amines is 1. The highest BCUT2D eigenvalue weighted by Gasteiger charge is 2.31. The second-order valence-corrected chi connectivity index (χ2v) is 7.03. The van der Waals surface area contributed by atoms with Crippen molar-refractivity contribution in [1.82, 2.24) is 19.9 Å². The van der Waals surface area contributed by atoms with Crippen LogP contribution in [0.15, 0.2) is 48.9 Å². The fourth-order valence-electron chi connectivity index (χ4n) is 3.26. The number of fused-ring (bicyclic) bond motifs is 1. The number of nitrogens with one attached hydrogen (secondary N) is 2. The highest BCUT2D eigenvalue weighted by atomic mass is 19.4. The van der Waals surface area contributed by atoms with Gasteiger partial charge in [0.2, 0.25) is 5.95 Å². The minimum absolute atomic E-state index is 0.131. The number of halogens is 3. The van der Waals surface area contributed by atoms with E-state index < -0.39 is 11.7 Å². The van der Waals surface area contributed by atoms with Gasteiger partial charge < -0.3 is 15.0 Å². The van der Waals surface area contributed by atoms with Crippen LogP contribution in [-0.4, -0.2) is 27.0 Å². The van der Waals surface area contributed by atoms with Crippen molar-refractivity contribution in [3.63, 3.8) is 0 Å². The van der Waals surface area contributed by atoms with Crippen LogP contribution < -0.4 is 10.1 Å². The second-order valence-electron chi connectivity index (χ2n) is 7.03. The van der Waals surface area contributed by atoms with Gasteiger partial charge in [-0.25, -0.2) is 15.0 Å². The van der Waals surface area contributed by atoms with Gasteiger partial charge in [0.1, 0.15) is 17.5 Å². The number of benzene rings is 1. The lowest BCUT2D eigenvalue weighted by molar-refractivity contribution is -0.137. The number of pyridine rings is 1. The molecule has 1 aromatic carbocycles. The van der Waals surface area contributed by atoms with Crippen molar-refractivity contribution in [3.05, 3.63) is 65.6 Å². The third-order valence-electron chi connectivity index (χ3n) is 4.98. The summed E-state index contributed by atoms with van der Waals surface area (Å²) in [6.45, 7) is 1.91. The van der Waals surface area contributed by atoms with E-state index >= 15 is 0 Å². The van der Waals surface area contributed by atoms with Gasteiger partial charge in [0, 0.05) is 23.3 Å². The molecule has 0 amide bonds. The van der Waals surface area contributed by atoms with Crippen LogP contribution in [0.4, 0.5) is 19.1 Å². The van der Waals surface area contributed by atoms with Gasteiger partial charge in [-0.05, 0) is 30.7 Å². The largest absolute Gasteiger partial charge is 0.497 e. The molecule has 0 unspecified atom stereocenters. The van der Waals surface area contributed by atoms with Crippen LogP contribution in [0.3, 0.4) is 0 Å². The quantitative estimate of drug-likeness (QED) is 0.450. The molecule has 0 aliphatic heterocycles. The first-order chi connectivity index (χ1) is 15.3. The fourth-order valence-corrected chi connectivity index (χ4v) is 3.26. The summed E-state index contributed by atoms with van der Waals surface area (Å²) in [5.41, 5.74) is 0.996. The molecule has 4 aromatic rings. The predicted molar refractivity (Wildman–Crippen MR) is 112 cm³/mol. The summed E-state index contributed by atoms with van der Waals surface area (Å²) in [5.74, 6) is 0.959. The zero-order valence-electron chi connectivity index (χ0n) is 17.0. The van der Waals surface area contributed by atoms with E-state index in [-0.39, 0.29) is 34.3 Å². The number of ether oxygens (including phenoxy) is 1. The second kappa shape index (κ2) is 8.19. The average molecular weight is 438 g/mol. The molecule has 10 heteroatoms. The Morgan fingerprint density at radius 2 is 1.91 bits per heavy atom. The number of nitriles is 1. The molecule has 32 heavy (non-hydrogen) atoms. The minimum atomic E-state index is -4.54. The monoisotopic (exact) mass is 438 g/mol. The SMILES string of the molecule is COc1ccc([C@@H](C)Nc2ncc(C#N)c(-c3c[nH]c4ncc(C(F)(F)F)cc34)n2)cc1. The maximum Gasteiger partial charge on any atom is 0.417 e. The third-order valence-corrected chi connectivity index (χ3v) is 4.98. The summed E-state index contributed by atoms with van der Waals surface area (Å²) in [6.07, 6.45) is -0.958. The van der Waals surface area contributed by atoms with Crippen molar-refractivity contribution >= 4 is 17.0 Å². The van der Waals surface area contributed by atoms with Gasteiger partial charge in [-0.1, -0.05) is 12.1 Å². The van der Waals surface area contributed by atoms with E-state index in [9.17, 15) is 18.4 Å². The zero-order chi connectivity index (χ0) is 22.9. The molecule has 0 saturated heterocycles. The number of aromatic nitrogens is 4. The lowest BCUT2D eigenvalue weighted by Crippen LogP contribution is -2.10. The Morgan fingerprint density at radius 3 is 2.56 bits per heavy atom. The standard InChI is InChI=1S/C22H17F3N6O/c1-12(13-3-5-16(32-2)6-4-13)30-21-29-9-14(8-26)19(31-21)18-11-28-20-17(18)7-15(10-27-20)22(23,24)25/h3-7,9-12H,1-2H3,(H,27,28)(H,29,30,31)/t12-/m1/s1. The van der Waals surface area contributed by atoms with E-state index in [1.165, 1.54) is 12.4 Å². The van der Waals surface area contributed by atoms with E-state index in [4.69, 9.17) is 4.74 Å². The molecule has 0 aliphatic carbocycles. The van der Waals surface area contributed by atoms with Crippen molar-refractivity contribution in [2.75, 3.05) is 12.4 Å². The summed E-state index contributed by atoms with van der Waals surface area (Å²) in [4.78, 5) is 15.3. The molecule has 4 rings (SSSR count). The summed E-state index contributed by atoms with van der Waals surface area (Å²) in [5, 5.41) is 12.9. The van der Waals surface area contributed by atoms with Crippen molar-refractivity contribution in [1.29, 1.82) is 5.26 Å². The average Bonchev–Trinajstić information content (AvgIpc) is 3.21. The van der Waals surface area contributed by atoms with Crippen molar-refractivity contribution in [2.24, 2.45) is 0 Å². The number of H-pyrrole nitrogens is 1.